The highest BCUT2D eigenvalue weighted by Gasteiger charge is 2.15. The molecular formula is C18H21N3O4. The van der Waals surface area contributed by atoms with Gasteiger partial charge in [0.1, 0.15) is 0 Å². The monoisotopic (exact) mass is 343 g/mol. The van der Waals surface area contributed by atoms with Gasteiger partial charge in [-0.1, -0.05) is 12.1 Å². The number of carbonyl (C=O) groups is 2. The normalized spacial score (nSPS) is 10.2. The van der Waals surface area contributed by atoms with Crippen molar-refractivity contribution < 1.29 is 19.1 Å². The average Bonchev–Trinajstić information content (AvgIpc) is 2.63. The number of pyridine rings is 1. The molecule has 2 aromatic rings. The zero-order valence-electron chi connectivity index (χ0n) is 14.2. The molecule has 0 bridgehead atoms. The van der Waals surface area contributed by atoms with E-state index in [4.69, 9.17) is 9.47 Å². The zero-order chi connectivity index (χ0) is 18.1. The highest BCUT2D eigenvalue weighted by Crippen LogP contribution is 2.18. The van der Waals surface area contributed by atoms with Gasteiger partial charge in [-0.2, -0.15) is 0 Å². The fourth-order valence-electron chi connectivity index (χ4n) is 2.13. The first kappa shape index (κ1) is 18.4. The van der Waals surface area contributed by atoms with Gasteiger partial charge in [-0.3, -0.25) is 9.78 Å². The van der Waals surface area contributed by atoms with Crippen molar-refractivity contribution in [2.75, 3.05) is 37.5 Å². The molecule has 0 aliphatic rings. The molecule has 1 aromatic carbocycles. The number of hydrogen-bond donors (Lipinski definition) is 2. The molecule has 7 heteroatoms. The molecule has 1 amide bonds. The lowest BCUT2D eigenvalue weighted by Crippen LogP contribution is -2.16. The maximum Gasteiger partial charge on any atom is 0.340 e. The molecule has 0 unspecified atom stereocenters. The molecule has 2 rings (SSSR count). The number of rotatable bonds is 8. The number of hydrogen-bond acceptors (Lipinski definition) is 6. The smallest absolute Gasteiger partial charge is 0.340 e. The Labute approximate surface area is 146 Å². The quantitative estimate of drug-likeness (QED) is 0.566. The van der Waals surface area contributed by atoms with E-state index in [1.807, 2.05) is 0 Å². The van der Waals surface area contributed by atoms with E-state index in [1.54, 1.807) is 50.6 Å². The first-order valence-corrected chi connectivity index (χ1v) is 7.91. The molecule has 0 saturated heterocycles. The van der Waals surface area contributed by atoms with E-state index in [9.17, 15) is 9.59 Å². The van der Waals surface area contributed by atoms with E-state index in [-0.39, 0.29) is 12.5 Å². The number of nitrogens with zero attached hydrogens (tertiary/aromatic N) is 1. The predicted octanol–water partition coefficient (Wildman–Crippen LogP) is 2.57. The number of para-hydroxylation sites is 1. The van der Waals surface area contributed by atoms with Crippen LogP contribution < -0.4 is 10.6 Å². The minimum Gasteiger partial charge on any atom is -0.462 e. The van der Waals surface area contributed by atoms with Gasteiger partial charge >= 0.3 is 5.97 Å². The zero-order valence-corrected chi connectivity index (χ0v) is 14.2. The van der Waals surface area contributed by atoms with Crippen molar-refractivity contribution >= 4 is 23.3 Å². The largest absolute Gasteiger partial charge is 0.462 e. The molecule has 0 fully saturated rings. The van der Waals surface area contributed by atoms with Crippen molar-refractivity contribution in [1.82, 2.24) is 4.98 Å². The molecule has 0 radical (unpaired) electrons. The Morgan fingerprint density at radius 2 is 2.00 bits per heavy atom. The molecule has 0 aliphatic carbocycles. The molecule has 7 nitrogen and oxygen atoms in total. The average molecular weight is 343 g/mol. The van der Waals surface area contributed by atoms with Crippen LogP contribution in [0.3, 0.4) is 0 Å². The van der Waals surface area contributed by atoms with Gasteiger partial charge in [0.15, 0.2) is 0 Å². The van der Waals surface area contributed by atoms with E-state index in [0.717, 1.165) is 0 Å². The van der Waals surface area contributed by atoms with Crippen LogP contribution >= 0.6 is 0 Å². The number of nitrogens with one attached hydrogen (secondary N) is 2. The van der Waals surface area contributed by atoms with Crippen molar-refractivity contribution in [2.24, 2.45) is 0 Å². The Morgan fingerprint density at radius 3 is 2.76 bits per heavy atom. The van der Waals surface area contributed by atoms with Gasteiger partial charge in [0.05, 0.1) is 35.7 Å². The van der Waals surface area contributed by atoms with E-state index >= 15 is 0 Å². The lowest BCUT2D eigenvalue weighted by atomic mass is 10.1. The Hall–Kier alpha value is -2.93. The van der Waals surface area contributed by atoms with Gasteiger partial charge in [0.2, 0.25) is 0 Å². The summed E-state index contributed by atoms with van der Waals surface area (Å²) in [7, 11) is 1.62. The van der Waals surface area contributed by atoms with E-state index in [0.29, 0.717) is 35.7 Å². The summed E-state index contributed by atoms with van der Waals surface area (Å²) in [5.74, 6) is -0.842. The SMILES string of the molecule is CCOC(=O)c1ccccc1NC(=O)c1cncc(NCCOC)c1. The van der Waals surface area contributed by atoms with Gasteiger partial charge in [0, 0.05) is 26.0 Å². The second-order valence-corrected chi connectivity index (χ2v) is 5.10. The second-order valence-electron chi connectivity index (χ2n) is 5.10. The van der Waals surface area contributed by atoms with Gasteiger partial charge in [-0.05, 0) is 25.1 Å². The summed E-state index contributed by atoms with van der Waals surface area (Å²) >= 11 is 0. The van der Waals surface area contributed by atoms with E-state index in [1.165, 1.54) is 6.20 Å². The molecule has 0 saturated carbocycles. The Morgan fingerprint density at radius 1 is 1.20 bits per heavy atom. The first-order chi connectivity index (χ1) is 12.2. The number of ether oxygens (including phenoxy) is 2. The highest BCUT2D eigenvalue weighted by atomic mass is 16.5. The van der Waals surface area contributed by atoms with E-state index < -0.39 is 5.97 Å². The van der Waals surface area contributed by atoms with Crippen LogP contribution in [0.15, 0.2) is 42.7 Å². The van der Waals surface area contributed by atoms with Gasteiger partial charge < -0.3 is 20.1 Å². The number of benzene rings is 1. The minimum absolute atomic E-state index is 0.264. The van der Waals surface area contributed by atoms with Crippen LogP contribution in [0.4, 0.5) is 11.4 Å². The van der Waals surface area contributed by atoms with Gasteiger partial charge in [0.25, 0.3) is 5.91 Å². The van der Waals surface area contributed by atoms with Crippen LogP contribution in [0.1, 0.15) is 27.6 Å². The summed E-state index contributed by atoms with van der Waals surface area (Å²) in [5, 5.41) is 5.84. The predicted molar refractivity (Wildman–Crippen MR) is 95.0 cm³/mol. The molecule has 0 atom stereocenters. The fraction of sp³-hybridized carbons (Fsp3) is 0.278. The maximum atomic E-state index is 12.5. The molecule has 25 heavy (non-hydrogen) atoms. The molecular weight excluding hydrogens is 322 g/mol. The third-order valence-corrected chi connectivity index (χ3v) is 3.31. The summed E-state index contributed by atoms with van der Waals surface area (Å²) in [6.07, 6.45) is 3.09. The highest BCUT2D eigenvalue weighted by molar-refractivity contribution is 6.08. The topological polar surface area (TPSA) is 89.5 Å². The van der Waals surface area contributed by atoms with Crippen molar-refractivity contribution in [1.29, 1.82) is 0 Å². The van der Waals surface area contributed by atoms with Crippen molar-refractivity contribution in [3.05, 3.63) is 53.9 Å². The summed E-state index contributed by atoms with van der Waals surface area (Å²) in [6.45, 7) is 3.14. The third-order valence-electron chi connectivity index (χ3n) is 3.31. The third kappa shape index (κ3) is 5.29. The first-order valence-electron chi connectivity index (χ1n) is 7.91. The number of anilines is 2. The fourth-order valence-corrected chi connectivity index (χ4v) is 2.13. The summed E-state index contributed by atoms with van der Waals surface area (Å²) in [6, 6.07) is 8.39. The number of carbonyl (C=O) groups excluding carboxylic acids is 2. The Kier molecular flexibility index (Phi) is 6.91. The Bertz CT molecular complexity index is 734. The van der Waals surface area contributed by atoms with Crippen LogP contribution in [-0.2, 0) is 9.47 Å². The number of esters is 1. The molecule has 1 aromatic heterocycles. The lowest BCUT2D eigenvalue weighted by molar-refractivity contribution is 0.0527. The van der Waals surface area contributed by atoms with Crippen LogP contribution in [0.5, 0.6) is 0 Å². The molecule has 132 valence electrons. The van der Waals surface area contributed by atoms with Gasteiger partial charge in [-0.25, -0.2) is 4.79 Å². The number of methoxy groups -OCH3 is 1. The summed E-state index contributed by atoms with van der Waals surface area (Å²) in [4.78, 5) is 28.5. The van der Waals surface area contributed by atoms with Crippen molar-refractivity contribution in [2.45, 2.75) is 6.92 Å². The second kappa shape index (κ2) is 9.39. The van der Waals surface area contributed by atoms with Crippen LogP contribution in [0.2, 0.25) is 0 Å². The maximum absolute atomic E-state index is 12.5. The number of amides is 1. The standard InChI is InChI=1S/C18H21N3O4/c1-3-25-18(23)15-6-4-5-7-16(15)21-17(22)13-10-14(12-19-11-13)20-8-9-24-2/h4-7,10-12,20H,3,8-9H2,1-2H3,(H,21,22). The summed E-state index contributed by atoms with van der Waals surface area (Å²) < 4.78 is 9.98. The summed E-state index contributed by atoms with van der Waals surface area (Å²) in [5.41, 5.74) is 1.79. The van der Waals surface area contributed by atoms with Crippen molar-refractivity contribution in [3.63, 3.8) is 0 Å². The van der Waals surface area contributed by atoms with E-state index in [2.05, 4.69) is 15.6 Å². The molecule has 0 aliphatic heterocycles. The molecule has 2 N–H and O–H groups in total. The van der Waals surface area contributed by atoms with Crippen molar-refractivity contribution in [3.8, 4) is 0 Å². The Balaban J connectivity index is 2.12. The minimum atomic E-state index is -0.480. The number of aromatic nitrogens is 1. The van der Waals surface area contributed by atoms with Gasteiger partial charge in [-0.15, -0.1) is 0 Å². The van der Waals surface area contributed by atoms with Crippen LogP contribution in [-0.4, -0.2) is 43.7 Å². The van der Waals surface area contributed by atoms with Crippen LogP contribution in [0, 0.1) is 0 Å². The molecule has 0 spiro atoms. The lowest BCUT2D eigenvalue weighted by Gasteiger charge is -2.11. The molecule has 1 heterocycles. The van der Waals surface area contributed by atoms with Crippen LogP contribution in [0.25, 0.3) is 0 Å².